The van der Waals surface area contributed by atoms with Crippen LogP contribution < -0.4 is 11.5 Å². The van der Waals surface area contributed by atoms with Crippen molar-refractivity contribution in [1.82, 2.24) is 0 Å². The third-order valence-electron chi connectivity index (χ3n) is 3.20. The molecular weight excluding hydrogens is 280 g/mol. The molecule has 8 heteroatoms. The van der Waals surface area contributed by atoms with Crippen molar-refractivity contribution < 1.29 is 29.4 Å². The summed E-state index contributed by atoms with van der Waals surface area (Å²) in [6, 6.07) is -2.30. The average Bonchev–Trinajstić information content (AvgIpc) is 2.41. The Hall–Kier alpha value is -1.80. The van der Waals surface area contributed by atoms with E-state index in [2.05, 4.69) is 0 Å². The van der Waals surface area contributed by atoms with Gasteiger partial charge in [0.1, 0.15) is 23.7 Å². The van der Waals surface area contributed by atoms with Crippen molar-refractivity contribution in [3.63, 3.8) is 0 Å². The fourth-order valence-electron chi connectivity index (χ4n) is 1.61. The van der Waals surface area contributed by atoms with Gasteiger partial charge in [0.2, 0.25) is 0 Å². The smallest absolute Gasteiger partial charge is 0.320 e. The maximum atomic E-state index is 11.7. The van der Waals surface area contributed by atoms with Gasteiger partial charge in [0.05, 0.1) is 0 Å². The number of rotatable bonds is 11. The summed E-state index contributed by atoms with van der Waals surface area (Å²) in [6.45, 7) is 1.60. The van der Waals surface area contributed by atoms with Gasteiger partial charge in [-0.1, -0.05) is 6.92 Å². The van der Waals surface area contributed by atoms with E-state index in [1.807, 2.05) is 0 Å². The normalized spacial score (nSPS) is 15.0. The second-order valence-electron chi connectivity index (χ2n) is 5.08. The number of carbonyl (C=O) groups is 4. The second kappa shape index (κ2) is 9.19. The maximum Gasteiger partial charge on any atom is 0.320 e. The van der Waals surface area contributed by atoms with Gasteiger partial charge in [-0.05, 0) is 12.8 Å². The molecule has 0 amide bonds. The van der Waals surface area contributed by atoms with Crippen molar-refractivity contribution >= 4 is 23.5 Å². The molecule has 0 bridgehead atoms. The van der Waals surface area contributed by atoms with Gasteiger partial charge in [0.25, 0.3) is 0 Å². The number of carboxylic acids is 2. The van der Waals surface area contributed by atoms with Crippen molar-refractivity contribution in [3.8, 4) is 0 Å². The lowest BCUT2D eigenvalue weighted by molar-refractivity contribution is -0.141. The van der Waals surface area contributed by atoms with Gasteiger partial charge in [-0.15, -0.1) is 0 Å². The Morgan fingerprint density at radius 2 is 1.38 bits per heavy atom. The van der Waals surface area contributed by atoms with Gasteiger partial charge in [0, 0.05) is 25.2 Å². The van der Waals surface area contributed by atoms with Crippen molar-refractivity contribution in [2.45, 2.75) is 51.1 Å². The van der Waals surface area contributed by atoms with Crippen LogP contribution in [0.5, 0.6) is 0 Å². The predicted octanol–water partition coefficient (Wildman–Crippen LogP) is -0.465. The Morgan fingerprint density at radius 1 is 0.905 bits per heavy atom. The fourth-order valence-corrected chi connectivity index (χ4v) is 1.61. The molecule has 0 aromatic heterocycles. The van der Waals surface area contributed by atoms with Crippen molar-refractivity contribution in [1.29, 1.82) is 0 Å². The Balaban J connectivity index is 4.04. The van der Waals surface area contributed by atoms with Crippen LogP contribution in [-0.2, 0) is 19.2 Å². The number of nitrogens with two attached hydrogens (primary N) is 2. The molecule has 0 saturated carbocycles. The first-order chi connectivity index (χ1) is 9.65. The highest BCUT2D eigenvalue weighted by Crippen LogP contribution is 2.12. The SMILES string of the molecule is CC(CCC(=O)CC[C@H](N)C(=O)O)C(=O)C[C@H](N)C(=O)O. The third kappa shape index (κ3) is 8.16. The Bertz CT molecular complexity index is 409. The maximum absolute atomic E-state index is 11.7. The number of hydrogen-bond acceptors (Lipinski definition) is 6. The summed E-state index contributed by atoms with van der Waals surface area (Å²) >= 11 is 0. The van der Waals surface area contributed by atoms with Crippen LogP contribution in [-0.4, -0.2) is 45.8 Å². The van der Waals surface area contributed by atoms with Gasteiger partial charge >= 0.3 is 11.9 Å². The first-order valence-corrected chi connectivity index (χ1v) is 6.66. The number of hydrogen-bond donors (Lipinski definition) is 4. The fraction of sp³-hybridized carbons (Fsp3) is 0.692. The van der Waals surface area contributed by atoms with Crippen LogP contribution in [0.4, 0.5) is 0 Å². The highest BCUT2D eigenvalue weighted by Gasteiger charge is 2.21. The third-order valence-corrected chi connectivity index (χ3v) is 3.20. The van der Waals surface area contributed by atoms with Gasteiger partial charge < -0.3 is 21.7 Å². The first-order valence-electron chi connectivity index (χ1n) is 6.66. The van der Waals surface area contributed by atoms with Crippen LogP contribution in [0.3, 0.4) is 0 Å². The Labute approximate surface area is 122 Å². The predicted molar refractivity (Wildman–Crippen MR) is 73.5 cm³/mol. The van der Waals surface area contributed by atoms with E-state index in [4.69, 9.17) is 21.7 Å². The lowest BCUT2D eigenvalue weighted by Crippen LogP contribution is -2.34. The van der Waals surface area contributed by atoms with E-state index in [0.717, 1.165) is 0 Å². The minimum absolute atomic E-state index is 0.0447. The lowest BCUT2D eigenvalue weighted by Gasteiger charge is -2.12. The molecule has 0 rings (SSSR count). The highest BCUT2D eigenvalue weighted by molar-refractivity contribution is 5.87. The Kier molecular flexibility index (Phi) is 8.41. The monoisotopic (exact) mass is 302 g/mol. The first kappa shape index (κ1) is 19.2. The van der Waals surface area contributed by atoms with E-state index in [1.165, 1.54) is 0 Å². The zero-order chi connectivity index (χ0) is 16.6. The molecule has 0 aliphatic heterocycles. The summed E-state index contributed by atoms with van der Waals surface area (Å²) in [4.78, 5) is 44.2. The molecule has 0 fully saturated rings. The number of aliphatic carboxylic acids is 2. The van der Waals surface area contributed by atoms with Crippen LogP contribution in [0.1, 0.15) is 39.0 Å². The Morgan fingerprint density at radius 3 is 1.86 bits per heavy atom. The molecule has 0 aromatic rings. The molecule has 3 atom stereocenters. The molecule has 0 saturated heterocycles. The molecule has 0 heterocycles. The molecule has 0 radical (unpaired) electrons. The van der Waals surface area contributed by atoms with E-state index in [-0.39, 0.29) is 43.7 Å². The molecule has 1 unspecified atom stereocenters. The summed E-state index contributed by atoms with van der Waals surface area (Å²) in [5.74, 6) is -3.34. The largest absolute Gasteiger partial charge is 0.480 e. The van der Waals surface area contributed by atoms with Crippen molar-refractivity contribution in [3.05, 3.63) is 0 Å². The second-order valence-corrected chi connectivity index (χ2v) is 5.08. The average molecular weight is 302 g/mol. The summed E-state index contributed by atoms with van der Waals surface area (Å²) in [6.07, 6.45) is 0.242. The molecule has 6 N–H and O–H groups in total. The van der Waals surface area contributed by atoms with E-state index >= 15 is 0 Å². The van der Waals surface area contributed by atoms with E-state index in [1.54, 1.807) is 6.92 Å². The topological polar surface area (TPSA) is 161 Å². The van der Waals surface area contributed by atoms with Gasteiger partial charge in [-0.3, -0.25) is 19.2 Å². The standard InChI is InChI=1S/C13H22N2O6/c1-7(11(17)6-10(15)13(20)21)2-3-8(16)4-5-9(14)12(18)19/h7,9-10H,2-6,14-15H2,1H3,(H,18,19)(H,20,21)/t7?,9-,10-/m0/s1. The molecule has 0 aromatic carbocycles. The van der Waals surface area contributed by atoms with Crippen molar-refractivity contribution in [2.75, 3.05) is 0 Å². The van der Waals surface area contributed by atoms with Gasteiger partial charge in [-0.2, -0.15) is 0 Å². The van der Waals surface area contributed by atoms with Gasteiger partial charge in [-0.25, -0.2) is 0 Å². The summed E-state index contributed by atoms with van der Waals surface area (Å²) < 4.78 is 0. The molecule has 8 nitrogen and oxygen atoms in total. The quantitative estimate of drug-likeness (QED) is 0.398. The van der Waals surface area contributed by atoms with Crippen LogP contribution in [0.2, 0.25) is 0 Å². The minimum Gasteiger partial charge on any atom is -0.480 e. The van der Waals surface area contributed by atoms with E-state index in [0.29, 0.717) is 0 Å². The molecule has 0 spiro atoms. The van der Waals surface area contributed by atoms with E-state index < -0.39 is 29.9 Å². The summed E-state index contributed by atoms with van der Waals surface area (Å²) in [7, 11) is 0. The van der Waals surface area contributed by atoms with Crippen molar-refractivity contribution in [2.24, 2.45) is 17.4 Å². The number of Topliss-reactive ketones (excluding diaryl/α,β-unsaturated/α-hetero) is 2. The zero-order valence-electron chi connectivity index (χ0n) is 11.9. The van der Waals surface area contributed by atoms with Crippen LogP contribution in [0.25, 0.3) is 0 Å². The summed E-state index contributed by atoms with van der Waals surface area (Å²) in [5, 5.41) is 17.2. The highest BCUT2D eigenvalue weighted by atomic mass is 16.4. The number of ketones is 2. The molecule has 120 valence electrons. The van der Waals surface area contributed by atoms with Crippen LogP contribution in [0, 0.1) is 5.92 Å². The van der Waals surface area contributed by atoms with Crippen LogP contribution in [0.15, 0.2) is 0 Å². The molecule has 0 aliphatic rings. The lowest BCUT2D eigenvalue weighted by atomic mass is 9.94. The van der Waals surface area contributed by atoms with Gasteiger partial charge in [0.15, 0.2) is 0 Å². The molecule has 0 aliphatic carbocycles. The minimum atomic E-state index is -1.24. The number of carboxylic acid groups (broad SMARTS) is 2. The van der Waals surface area contributed by atoms with Crippen LogP contribution >= 0.6 is 0 Å². The zero-order valence-corrected chi connectivity index (χ0v) is 11.9. The molecular formula is C13H22N2O6. The summed E-state index contributed by atoms with van der Waals surface area (Å²) in [5.41, 5.74) is 10.5. The number of carbonyl (C=O) groups excluding carboxylic acids is 2. The van der Waals surface area contributed by atoms with E-state index in [9.17, 15) is 19.2 Å². The molecule has 21 heavy (non-hydrogen) atoms.